The van der Waals surface area contributed by atoms with Gasteiger partial charge in [-0.3, -0.25) is 4.79 Å². The molecule has 0 aliphatic heterocycles. The summed E-state index contributed by atoms with van der Waals surface area (Å²) in [5.41, 5.74) is 6.99. The molecule has 100 valence electrons. The second-order valence-electron chi connectivity index (χ2n) is 4.65. The molecule has 1 rings (SSSR count). The maximum atomic E-state index is 12.2. The third-order valence-corrected chi connectivity index (χ3v) is 2.86. The van der Waals surface area contributed by atoms with Gasteiger partial charge in [0.25, 0.3) is 0 Å². The van der Waals surface area contributed by atoms with Gasteiger partial charge in [-0.2, -0.15) is 0 Å². The van der Waals surface area contributed by atoms with Crippen LogP contribution in [0.5, 0.6) is 0 Å². The lowest BCUT2D eigenvalue weighted by Crippen LogP contribution is -2.48. The lowest BCUT2D eigenvalue weighted by Gasteiger charge is -2.28. The van der Waals surface area contributed by atoms with E-state index in [0.29, 0.717) is 13.0 Å². The highest BCUT2D eigenvalue weighted by Crippen LogP contribution is 2.06. The van der Waals surface area contributed by atoms with E-state index in [-0.39, 0.29) is 18.6 Å². The Morgan fingerprint density at radius 1 is 1.33 bits per heavy atom. The van der Waals surface area contributed by atoms with Crippen LogP contribution in [0.3, 0.4) is 0 Å². The average Bonchev–Trinajstić information content (AvgIpc) is 2.36. The minimum atomic E-state index is -0.554. The maximum Gasteiger partial charge on any atom is 0.240 e. The molecule has 1 aromatic rings. The van der Waals surface area contributed by atoms with Crippen LogP contribution in [0.4, 0.5) is 0 Å². The van der Waals surface area contributed by atoms with Crippen LogP contribution in [0, 0.1) is 0 Å². The summed E-state index contributed by atoms with van der Waals surface area (Å²) < 4.78 is 0. The zero-order valence-electron chi connectivity index (χ0n) is 11.0. The number of hydrogen-bond acceptors (Lipinski definition) is 3. The molecule has 0 unspecified atom stereocenters. The van der Waals surface area contributed by atoms with Crippen molar-refractivity contribution in [2.75, 3.05) is 13.2 Å². The zero-order chi connectivity index (χ0) is 13.5. The molecular weight excluding hydrogens is 228 g/mol. The Hall–Kier alpha value is -1.39. The van der Waals surface area contributed by atoms with Crippen LogP contribution in [0.15, 0.2) is 30.3 Å². The zero-order valence-corrected chi connectivity index (χ0v) is 11.0. The number of hydrogen-bond donors (Lipinski definition) is 2. The Morgan fingerprint density at radius 3 is 2.44 bits per heavy atom. The van der Waals surface area contributed by atoms with E-state index in [0.717, 1.165) is 5.56 Å². The number of carbonyl (C=O) groups is 1. The number of aliphatic hydroxyl groups excluding tert-OH is 1. The lowest BCUT2D eigenvalue weighted by atomic mass is 10.1. The summed E-state index contributed by atoms with van der Waals surface area (Å²) in [6.07, 6.45) is 0.522. The molecule has 4 nitrogen and oxygen atoms in total. The van der Waals surface area contributed by atoms with E-state index in [9.17, 15) is 4.79 Å². The summed E-state index contributed by atoms with van der Waals surface area (Å²) in [7, 11) is 0. The minimum Gasteiger partial charge on any atom is -0.395 e. The third-order valence-electron chi connectivity index (χ3n) is 2.86. The minimum absolute atomic E-state index is 0.0397. The van der Waals surface area contributed by atoms with Crippen LogP contribution in [-0.4, -0.2) is 41.1 Å². The summed E-state index contributed by atoms with van der Waals surface area (Å²) in [5, 5.41) is 8.97. The summed E-state index contributed by atoms with van der Waals surface area (Å²) in [6, 6.07) is 9.20. The standard InChI is InChI=1S/C14H22N2O2/c1-11(2)16(8-9-17)14(18)13(15)10-12-6-4-3-5-7-12/h3-7,11,13,17H,8-10,15H2,1-2H3/t13-/m0/s1. The van der Waals surface area contributed by atoms with Gasteiger partial charge in [0, 0.05) is 12.6 Å². The Labute approximate surface area is 108 Å². The van der Waals surface area contributed by atoms with E-state index in [1.807, 2.05) is 44.2 Å². The molecule has 0 saturated heterocycles. The fourth-order valence-corrected chi connectivity index (χ4v) is 1.90. The monoisotopic (exact) mass is 250 g/mol. The van der Waals surface area contributed by atoms with Gasteiger partial charge in [0.2, 0.25) is 5.91 Å². The summed E-state index contributed by atoms with van der Waals surface area (Å²) in [4.78, 5) is 13.8. The predicted octanol–water partition coefficient (Wildman–Crippen LogP) is 0.786. The highest BCUT2D eigenvalue weighted by molar-refractivity contribution is 5.82. The first-order chi connectivity index (χ1) is 8.56. The Kier molecular flexibility index (Phi) is 5.82. The summed E-state index contributed by atoms with van der Waals surface area (Å²) in [5.74, 6) is -0.108. The molecule has 0 aromatic heterocycles. The smallest absolute Gasteiger partial charge is 0.240 e. The largest absolute Gasteiger partial charge is 0.395 e. The van der Waals surface area contributed by atoms with Gasteiger partial charge in [-0.05, 0) is 25.8 Å². The van der Waals surface area contributed by atoms with Crippen LogP contribution in [0.25, 0.3) is 0 Å². The molecule has 0 bridgehead atoms. The van der Waals surface area contributed by atoms with Crippen molar-refractivity contribution in [3.8, 4) is 0 Å². The van der Waals surface area contributed by atoms with Gasteiger partial charge in [0.1, 0.15) is 0 Å². The number of amides is 1. The number of aliphatic hydroxyl groups is 1. The third kappa shape index (κ3) is 4.13. The number of nitrogens with zero attached hydrogens (tertiary/aromatic N) is 1. The molecule has 0 radical (unpaired) electrons. The molecule has 1 amide bonds. The van der Waals surface area contributed by atoms with Crippen LogP contribution in [-0.2, 0) is 11.2 Å². The van der Waals surface area contributed by atoms with Crippen molar-refractivity contribution >= 4 is 5.91 Å². The van der Waals surface area contributed by atoms with E-state index in [4.69, 9.17) is 10.8 Å². The van der Waals surface area contributed by atoms with E-state index >= 15 is 0 Å². The fourth-order valence-electron chi connectivity index (χ4n) is 1.90. The first-order valence-electron chi connectivity index (χ1n) is 6.27. The Morgan fingerprint density at radius 2 is 1.94 bits per heavy atom. The van der Waals surface area contributed by atoms with Gasteiger partial charge >= 0.3 is 0 Å². The van der Waals surface area contributed by atoms with Crippen LogP contribution >= 0.6 is 0 Å². The van der Waals surface area contributed by atoms with Crippen molar-refractivity contribution in [3.63, 3.8) is 0 Å². The highest BCUT2D eigenvalue weighted by atomic mass is 16.3. The second-order valence-corrected chi connectivity index (χ2v) is 4.65. The van der Waals surface area contributed by atoms with E-state index in [1.54, 1.807) is 4.90 Å². The summed E-state index contributed by atoms with van der Waals surface area (Å²) in [6.45, 7) is 4.13. The normalized spacial score (nSPS) is 12.5. The van der Waals surface area contributed by atoms with E-state index in [2.05, 4.69) is 0 Å². The van der Waals surface area contributed by atoms with Crippen molar-refractivity contribution in [2.45, 2.75) is 32.4 Å². The van der Waals surface area contributed by atoms with Gasteiger partial charge < -0.3 is 15.7 Å². The molecule has 0 spiro atoms. The maximum absolute atomic E-state index is 12.2. The van der Waals surface area contributed by atoms with Crippen molar-refractivity contribution in [2.24, 2.45) is 5.73 Å². The molecule has 0 fully saturated rings. The molecule has 3 N–H and O–H groups in total. The van der Waals surface area contributed by atoms with Crippen LogP contribution < -0.4 is 5.73 Å². The molecular formula is C14H22N2O2. The molecule has 0 aliphatic rings. The quantitative estimate of drug-likeness (QED) is 0.784. The molecule has 1 atom stereocenters. The molecule has 0 heterocycles. The molecule has 18 heavy (non-hydrogen) atoms. The van der Waals surface area contributed by atoms with Gasteiger partial charge in [-0.15, -0.1) is 0 Å². The molecule has 4 heteroatoms. The molecule has 0 aliphatic carbocycles. The molecule has 1 aromatic carbocycles. The van der Waals surface area contributed by atoms with Gasteiger partial charge in [0.15, 0.2) is 0 Å². The van der Waals surface area contributed by atoms with E-state index in [1.165, 1.54) is 0 Å². The van der Waals surface area contributed by atoms with Crippen molar-refractivity contribution in [3.05, 3.63) is 35.9 Å². The fraction of sp³-hybridized carbons (Fsp3) is 0.500. The number of nitrogens with two attached hydrogens (primary N) is 1. The van der Waals surface area contributed by atoms with Gasteiger partial charge in [-0.1, -0.05) is 30.3 Å². The van der Waals surface area contributed by atoms with Crippen LogP contribution in [0.2, 0.25) is 0 Å². The highest BCUT2D eigenvalue weighted by Gasteiger charge is 2.22. The summed E-state index contributed by atoms with van der Waals surface area (Å²) >= 11 is 0. The van der Waals surface area contributed by atoms with Gasteiger partial charge in [0.05, 0.1) is 12.6 Å². The van der Waals surface area contributed by atoms with Gasteiger partial charge in [-0.25, -0.2) is 0 Å². The first-order valence-corrected chi connectivity index (χ1v) is 6.27. The SMILES string of the molecule is CC(C)N(CCO)C(=O)[C@@H](N)Cc1ccccc1. The first kappa shape index (κ1) is 14.7. The number of benzene rings is 1. The van der Waals surface area contributed by atoms with Crippen LogP contribution in [0.1, 0.15) is 19.4 Å². The van der Waals surface area contributed by atoms with Crippen molar-refractivity contribution < 1.29 is 9.90 Å². The predicted molar refractivity (Wildman–Crippen MR) is 72.1 cm³/mol. The van der Waals surface area contributed by atoms with E-state index < -0.39 is 6.04 Å². The second kappa shape index (κ2) is 7.13. The van der Waals surface area contributed by atoms with Crippen molar-refractivity contribution in [1.82, 2.24) is 4.90 Å². The Bertz CT molecular complexity index is 365. The lowest BCUT2D eigenvalue weighted by molar-refractivity contribution is -0.134. The topological polar surface area (TPSA) is 66.6 Å². The average molecular weight is 250 g/mol. The Balaban J connectivity index is 2.65. The number of carbonyl (C=O) groups excluding carboxylic acids is 1. The molecule has 0 saturated carbocycles. The van der Waals surface area contributed by atoms with Crippen molar-refractivity contribution in [1.29, 1.82) is 0 Å². The number of rotatable bonds is 6.